The molecule has 0 radical (unpaired) electrons. The van der Waals surface area contributed by atoms with Gasteiger partial charge in [0.2, 0.25) is 5.91 Å². The highest BCUT2D eigenvalue weighted by atomic mass is 35.5. The van der Waals surface area contributed by atoms with Gasteiger partial charge in [-0.2, -0.15) is 0 Å². The first-order chi connectivity index (χ1) is 6.75. The maximum Gasteiger partial charge on any atom is 0.222 e. The van der Waals surface area contributed by atoms with Crippen LogP contribution in [0, 0.1) is 0 Å². The maximum absolute atomic E-state index is 11.3. The Morgan fingerprint density at radius 1 is 1.43 bits per heavy atom. The van der Waals surface area contributed by atoms with Gasteiger partial charge in [0.15, 0.2) is 0 Å². The second kappa shape index (κ2) is 3.92. The third kappa shape index (κ3) is 2.01. The number of hydrogen-bond acceptors (Lipinski definition) is 3. The lowest BCUT2D eigenvalue weighted by atomic mass is 10.4. The van der Waals surface area contributed by atoms with Gasteiger partial charge in [0, 0.05) is 13.0 Å². The van der Waals surface area contributed by atoms with Gasteiger partial charge < -0.3 is 4.90 Å². The van der Waals surface area contributed by atoms with Gasteiger partial charge in [-0.05, 0) is 6.42 Å². The van der Waals surface area contributed by atoms with Gasteiger partial charge in [-0.25, -0.2) is 4.98 Å². The topological polar surface area (TPSA) is 46.1 Å². The van der Waals surface area contributed by atoms with E-state index in [9.17, 15) is 4.79 Å². The quantitative estimate of drug-likeness (QED) is 0.740. The number of carbonyl (C=O) groups excluding carboxylic acids is 1. The Morgan fingerprint density at radius 2 is 2.29 bits per heavy atom. The zero-order chi connectivity index (χ0) is 9.97. The monoisotopic (exact) mass is 211 g/mol. The van der Waals surface area contributed by atoms with Crippen LogP contribution in [0.3, 0.4) is 0 Å². The van der Waals surface area contributed by atoms with Crippen molar-refractivity contribution in [2.75, 3.05) is 6.54 Å². The first-order valence-electron chi connectivity index (χ1n) is 4.50. The number of nitrogens with zero attached hydrogens (tertiary/aromatic N) is 3. The van der Waals surface area contributed by atoms with Crippen LogP contribution in [0.25, 0.3) is 0 Å². The van der Waals surface area contributed by atoms with E-state index < -0.39 is 0 Å². The maximum atomic E-state index is 11.3. The van der Waals surface area contributed by atoms with E-state index in [0.717, 1.165) is 18.7 Å². The average Bonchev–Trinajstić information content (AvgIpc) is 2.56. The van der Waals surface area contributed by atoms with Crippen LogP contribution in [0.15, 0.2) is 12.4 Å². The van der Waals surface area contributed by atoms with E-state index in [0.29, 0.717) is 18.1 Å². The lowest BCUT2D eigenvalue weighted by molar-refractivity contribution is -0.128. The van der Waals surface area contributed by atoms with Crippen LogP contribution in [-0.2, 0) is 11.3 Å². The van der Waals surface area contributed by atoms with Crippen LogP contribution in [-0.4, -0.2) is 27.3 Å². The van der Waals surface area contributed by atoms with E-state index in [4.69, 9.17) is 11.6 Å². The van der Waals surface area contributed by atoms with E-state index in [1.165, 1.54) is 6.20 Å². The molecule has 0 spiro atoms. The second-order valence-corrected chi connectivity index (χ2v) is 3.64. The number of aromatic nitrogens is 2. The third-order valence-corrected chi connectivity index (χ3v) is 2.39. The summed E-state index contributed by atoms with van der Waals surface area (Å²) in [4.78, 5) is 21.1. The number of halogens is 1. The minimum absolute atomic E-state index is 0.196. The minimum atomic E-state index is 0.196. The summed E-state index contributed by atoms with van der Waals surface area (Å²) in [7, 11) is 0. The standard InChI is InChI=1S/C9H10ClN3O/c10-8-5-11-7(4-12-8)6-13-3-1-2-9(13)14/h4-5H,1-3,6H2. The lowest BCUT2D eigenvalue weighted by Crippen LogP contribution is -2.24. The van der Waals surface area contributed by atoms with Crippen molar-refractivity contribution in [3.05, 3.63) is 23.2 Å². The molecular formula is C9H10ClN3O. The first kappa shape index (κ1) is 9.40. The van der Waals surface area contributed by atoms with Crippen molar-refractivity contribution in [1.82, 2.24) is 14.9 Å². The Labute approximate surface area is 86.9 Å². The molecule has 0 atom stereocenters. The largest absolute Gasteiger partial charge is 0.337 e. The van der Waals surface area contributed by atoms with E-state index in [1.807, 2.05) is 0 Å². The molecular weight excluding hydrogens is 202 g/mol. The Morgan fingerprint density at radius 3 is 2.86 bits per heavy atom. The fourth-order valence-electron chi connectivity index (χ4n) is 1.49. The number of hydrogen-bond donors (Lipinski definition) is 0. The summed E-state index contributed by atoms with van der Waals surface area (Å²) in [6, 6.07) is 0. The molecule has 2 heterocycles. The van der Waals surface area contributed by atoms with Crippen LogP contribution in [0.4, 0.5) is 0 Å². The van der Waals surface area contributed by atoms with Crippen LogP contribution >= 0.6 is 11.6 Å². The SMILES string of the molecule is O=C1CCCN1Cc1cnc(Cl)cn1. The van der Waals surface area contributed by atoms with Crippen LogP contribution in [0.5, 0.6) is 0 Å². The normalized spacial score (nSPS) is 16.4. The van der Waals surface area contributed by atoms with Crippen molar-refractivity contribution in [2.45, 2.75) is 19.4 Å². The zero-order valence-electron chi connectivity index (χ0n) is 7.61. The van der Waals surface area contributed by atoms with Crippen molar-refractivity contribution in [1.29, 1.82) is 0 Å². The highest BCUT2D eigenvalue weighted by Crippen LogP contribution is 2.12. The van der Waals surface area contributed by atoms with Crippen molar-refractivity contribution in [3.8, 4) is 0 Å². The molecule has 2 rings (SSSR count). The minimum Gasteiger partial charge on any atom is -0.337 e. The number of rotatable bonds is 2. The molecule has 0 aromatic carbocycles. The van der Waals surface area contributed by atoms with Gasteiger partial charge in [-0.15, -0.1) is 0 Å². The summed E-state index contributed by atoms with van der Waals surface area (Å²) >= 11 is 5.60. The van der Waals surface area contributed by atoms with Gasteiger partial charge in [0.25, 0.3) is 0 Å². The highest BCUT2D eigenvalue weighted by molar-refractivity contribution is 6.29. The van der Waals surface area contributed by atoms with Gasteiger partial charge in [-0.1, -0.05) is 11.6 Å². The first-order valence-corrected chi connectivity index (χ1v) is 4.88. The molecule has 1 fully saturated rings. The molecule has 1 saturated heterocycles. The summed E-state index contributed by atoms with van der Waals surface area (Å²) in [6.07, 6.45) is 4.70. The van der Waals surface area contributed by atoms with Gasteiger partial charge in [0.1, 0.15) is 5.15 Å². The predicted octanol–water partition coefficient (Wildman–Crippen LogP) is 1.25. The van der Waals surface area contributed by atoms with Crippen LogP contribution in [0.1, 0.15) is 18.5 Å². The van der Waals surface area contributed by atoms with Gasteiger partial charge in [-0.3, -0.25) is 9.78 Å². The lowest BCUT2D eigenvalue weighted by Gasteiger charge is -2.13. The Kier molecular flexibility index (Phi) is 2.63. The zero-order valence-corrected chi connectivity index (χ0v) is 8.37. The molecule has 5 heteroatoms. The van der Waals surface area contributed by atoms with E-state index in [2.05, 4.69) is 9.97 Å². The molecule has 1 aromatic rings. The number of carbonyl (C=O) groups is 1. The summed E-state index contributed by atoms with van der Waals surface area (Å²) in [5, 5.41) is 0.376. The van der Waals surface area contributed by atoms with Crippen molar-refractivity contribution < 1.29 is 4.79 Å². The molecule has 0 N–H and O–H groups in total. The third-order valence-electron chi connectivity index (χ3n) is 2.20. The molecule has 1 aromatic heterocycles. The summed E-state index contributed by atoms with van der Waals surface area (Å²) in [5.41, 5.74) is 0.782. The fraction of sp³-hybridized carbons (Fsp3) is 0.444. The van der Waals surface area contributed by atoms with Gasteiger partial charge >= 0.3 is 0 Å². The van der Waals surface area contributed by atoms with Crippen LogP contribution < -0.4 is 0 Å². The summed E-state index contributed by atoms with van der Waals surface area (Å²) in [5.74, 6) is 0.196. The molecule has 4 nitrogen and oxygen atoms in total. The van der Waals surface area contributed by atoms with Crippen molar-refractivity contribution in [3.63, 3.8) is 0 Å². The molecule has 1 aliphatic heterocycles. The molecule has 0 saturated carbocycles. The summed E-state index contributed by atoms with van der Waals surface area (Å²) in [6.45, 7) is 1.37. The second-order valence-electron chi connectivity index (χ2n) is 3.25. The number of amides is 1. The Hall–Kier alpha value is -1.16. The fourth-order valence-corrected chi connectivity index (χ4v) is 1.58. The van der Waals surface area contributed by atoms with Crippen LogP contribution in [0.2, 0.25) is 5.15 Å². The highest BCUT2D eigenvalue weighted by Gasteiger charge is 2.20. The molecule has 0 bridgehead atoms. The molecule has 0 aliphatic carbocycles. The van der Waals surface area contributed by atoms with E-state index in [1.54, 1.807) is 11.1 Å². The molecule has 1 aliphatic rings. The van der Waals surface area contributed by atoms with Crippen molar-refractivity contribution in [2.24, 2.45) is 0 Å². The van der Waals surface area contributed by atoms with E-state index in [-0.39, 0.29) is 5.91 Å². The van der Waals surface area contributed by atoms with Gasteiger partial charge in [0.05, 0.1) is 24.6 Å². The van der Waals surface area contributed by atoms with Crippen molar-refractivity contribution >= 4 is 17.5 Å². The summed E-state index contributed by atoms with van der Waals surface area (Å²) < 4.78 is 0. The predicted molar refractivity (Wildman–Crippen MR) is 51.7 cm³/mol. The molecule has 0 unspecified atom stereocenters. The Bertz CT molecular complexity index is 338. The number of likely N-dealkylation sites (tertiary alicyclic amines) is 1. The molecule has 74 valence electrons. The molecule has 1 amide bonds. The Balaban J connectivity index is 2.03. The molecule has 14 heavy (non-hydrogen) atoms. The van der Waals surface area contributed by atoms with E-state index >= 15 is 0 Å². The smallest absolute Gasteiger partial charge is 0.222 e. The average molecular weight is 212 g/mol.